The van der Waals surface area contributed by atoms with E-state index in [-0.39, 0.29) is 11.7 Å². The van der Waals surface area contributed by atoms with E-state index in [0.717, 1.165) is 21.6 Å². The summed E-state index contributed by atoms with van der Waals surface area (Å²) >= 11 is 1.56. The number of benzene rings is 1. The van der Waals surface area contributed by atoms with E-state index in [2.05, 4.69) is 16.4 Å². The van der Waals surface area contributed by atoms with Crippen LogP contribution in [-0.4, -0.2) is 10.9 Å². The molecular weight excluding hydrogens is 332 g/mol. The predicted molar refractivity (Wildman–Crippen MR) is 101 cm³/mol. The third-order valence-corrected chi connectivity index (χ3v) is 4.79. The molecule has 5 nitrogen and oxygen atoms in total. The van der Waals surface area contributed by atoms with Gasteiger partial charge >= 0.3 is 0 Å². The van der Waals surface area contributed by atoms with Crippen LogP contribution in [0.5, 0.6) is 0 Å². The fraction of sp³-hybridized carbons (Fsp3) is 0.105. The minimum Gasteiger partial charge on any atom is -0.383 e. The van der Waals surface area contributed by atoms with E-state index < -0.39 is 0 Å². The highest BCUT2D eigenvalue weighted by Gasteiger charge is 2.16. The van der Waals surface area contributed by atoms with Crippen LogP contribution in [0.2, 0.25) is 0 Å². The fourth-order valence-corrected chi connectivity index (χ4v) is 3.57. The summed E-state index contributed by atoms with van der Waals surface area (Å²) in [5.41, 5.74) is 10.5. The Morgan fingerprint density at radius 1 is 1.32 bits per heavy atom. The molecule has 0 atom stereocenters. The molecule has 3 rings (SSSR count). The van der Waals surface area contributed by atoms with E-state index in [1.165, 1.54) is 6.92 Å². The van der Waals surface area contributed by atoms with E-state index in [9.17, 15) is 10.1 Å². The number of carbonyl (C=O) groups is 1. The number of hydrogen-bond acceptors (Lipinski definition) is 5. The first-order valence-electron chi connectivity index (χ1n) is 7.62. The summed E-state index contributed by atoms with van der Waals surface area (Å²) in [6.07, 6.45) is 0. The SMILES string of the molecule is CC(=O)Nc1cccc(-c2cc(-c3sccc3C)c(C#N)c(N)n2)c1. The summed E-state index contributed by atoms with van der Waals surface area (Å²) in [5.74, 6) is 0.0621. The van der Waals surface area contributed by atoms with Crippen LogP contribution in [0.1, 0.15) is 18.1 Å². The van der Waals surface area contributed by atoms with Crippen molar-refractivity contribution in [2.24, 2.45) is 0 Å². The lowest BCUT2D eigenvalue weighted by Gasteiger charge is -2.11. The van der Waals surface area contributed by atoms with Crippen molar-refractivity contribution in [1.29, 1.82) is 5.26 Å². The van der Waals surface area contributed by atoms with Crippen molar-refractivity contribution >= 4 is 28.7 Å². The number of anilines is 2. The Labute approximate surface area is 149 Å². The Morgan fingerprint density at radius 2 is 2.12 bits per heavy atom. The molecule has 0 aliphatic heterocycles. The van der Waals surface area contributed by atoms with Gasteiger partial charge in [-0.1, -0.05) is 12.1 Å². The van der Waals surface area contributed by atoms with Crippen molar-refractivity contribution in [3.63, 3.8) is 0 Å². The summed E-state index contributed by atoms with van der Waals surface area (Å²) < 4.78 is 0. The number of nitriles is 1. The van der Waals surface area contributed by atoms with Gasteiger partial charge in [0.25, 0.3) is 0 Å². The van der Waals surface area contributed by atoms with Crippen LogP contribution >= 0.6 is 11.3 Å². The number of rotatable bonds is 3. The molecule has 6 heteroatoms. The van der Waals surface area contributed by atoms with E-state index >= 15 is 0 Å². The van der Waals surface area contributed by atoms with Crippen molar-refractivity contribution in [1.82, 2.24) is 4.98 Å². The smallest absolute Gasteiger partial charge is 0.221 e. The lowest BCUT2D eigenvalue weighted by molar-refractivity contribution is -0.114. The molecule has 0 unspecified atom stereocenters. The summed E-state index contributed by atoms with van der Waals surface area (Å²) in [7, 11) is 0. The van der Waals surface area contributed by atoms with E-state index in [0.29, 0.717) is 16.9 Å². The zero-order chi connectivity index (χ0) is 18.0. The highest BCUT2D eigenvalue weighted by Crippen LogP contribution is 2.36. The Morgan fingerprint density at radius 3 is 2.76 bits per heavy atom. The van der Waals surface area contributed by atoms with Gasteiger partial charge in [0.15, 0.2) is 0 Å². The highest BCUT2D eigenvalue weighted by atomic mass is 32.1. The van der Waals surface area contributed by atoms with Crippen molar-refractivity contribution < 1.29 is 4.79 Å². The molecule has 0 spiro atoms. The highest BCUT2D eigenvalue weighted by molar-refractivity contribution is 7.13. The van der Waals surface area contributed by atoms with E-state index in [1.807, 2.05) is 48.7 Å². The summed E-state index contributed by atoms with van der Waals surface area (Å²) in [4.78, 5) is 16.7. The van der Waals surface area contributed by atoms with Gasteiger partial charge in [0.05, 0.1) is 5.69 Å². The summed E-state index contributed by atoms with van der Waals surface area (Å²) in [6.45, 7) is 3.46. The molecule has 25 heavy (non-hydrogen) atoms. The summed E-state index contributed by atoms with van der Waals surface area (Å²) in [5, 5.41) is 14.2. The van der Waals surface area contributed by atoms with Gasteiger partial charge in [-0.15, -0.1) is 11.3 Å². The van der Waals surface area contributed by atoms with Crippen molar-refractivity contribution in [3.8, 4) is 27.8 Å². The molecule has 1 amide bonds. The Balaban J connectivity index is 2.16. The molecule has 0 aliphatic rings. The van der Waals surface area contributed by atoms with E-state index in [4.69, 9.17) is 5.73 Å². The van der Waals surface area contributed by atoms with Crippen molar-refractivity contribution in [2.75, 3.05) is 11.1 Å². The molecule has 0 bridgehead atoms. The van der Waals surface area contributed by atoms with Crippen LogP contribution in [0.15, 0.2) is 41.8 Å². The number of nitrogens with one attached hydrogen (secondary N) is 1. The number of amides is 1. The standard InChI is InChI=1S/C19H16N4OS/c1-11-6-7-25-18(11)15-9-17(23-19(21)16(15)10-20)13-4-3-5-14(8-13)22-12(2)24/h3-9H,1-2H3,(H2,21,23)(H,22,24). The molecule has 1 aromatic carbocycles. The van der Waals surface area contributed by atoms with Gasteiger partial charge in [0, 0.05) is 28.6 Å². The number of aryl methyl sites for hydroxylation is 1. The average Bonchev–Trinajstić information content (AvgIpc) is 2.99. The molecule has 124 valence electrons. The van der Waals surface area contributed by atoms with Gasteiger partial charge in [0.1, 0.15) is 17.5 Å². The Kier molecular flexibility index (Phi) is 4.50. The molecule has 0 saturated carbocycles. The minimum absolute atomic E-state index is 0.139. The number of thiophene rings is 1. The third-order valence-electron chi connectivity index (χ3n) is 3.74. The second kappa shape index (κ2) is 6.75. The normalized spacial score (nSPS) is 10.3. The first kappa shape index (κ1) is 16.7. The van der Waals surface area contributed by atoms with Crippen LogP contribution in [0, 0.1) is 18.3 Å². The van der Waals surface area contributed by atoms with Crippen molar-refractivity contribution in [2.45, 2.75) is 13.8 Å². The van der Waals surface area contributed by atoms with Crippen LogP contribution < -0.4 is 11.1 Å². The minimum atomic E-state index is -0.139. The number of pyridine rings is 1. The van der Waals surface area contributed by atoms with Gasteiger partial charge in [-0.25, -0.2) is 4.98 Å². The predicted octanol–water partition coefficient (Wildman–Crippen LogP) is 4.20. The lowest BCUT2D eigenvalue weighted by Crippen LogP contribution is -2.05. The zero-order valence-corrected chi connectivity index (χ0v) is 14.6. The van der Waals surface area contributed by atoms with Gasteiger partial charge in [-0.2, -0.15) is 5.26 Å². The zero-order valence-electron chi connectivity index (χ0n) is 13.8. The van der Waals surface area contributed by atoms with Crippen molar-refractivity contribution in [3.05, 3.63) is 52.9 Å². The first-order valence-corrected chi connectivity index (χ1v) is 8.50. The topological polar surface area (TPSA) is 91.8 Å². The number of nitrogens with two attached hydrogens (primary N) is 1. The van der Waals surface area contributed by atoms with Crippen LogP contribution in [-0.2, 0) is 4.79 Å². The number of nitrogen functional groups attached to an aromatic ring is 1. The number of nitrogens with zero attached hydrogens (tertiary/aromatic N) is 2. The molecule has 2 heterocycles. The third kappa shape index (κ3) is 3.37. The largest absolute Gasteiger partial charge is 0.383 e. The fourth-order valence-electron chi connectivity index (χ4n) is 2.62. The molecule has 0 aliphatic carbocycles. The maximum Gasteiger partial charge on any atom is 0.221 e. The molecule has 0 radical (unpaired) electrons. The van der Waals surface area contributed by atoms with Crippen LogP contribution in [0.25, 0.3) is 21.7 Å². The van der Waals surface area contributed by atoms with Gasteiger partial charge in [-0.05, 0) is 42.1 Å². The number of carbonyl (C=O) groups excluding carboxylic acids is 1. The molecule has 3 aromatic rings. The molecule has 2 aromatic heterocycles. The molecular formula is C19H16N4OS. The summed E-state index contributed by atoms with van der Waals surface area (Å²) in [6, 6.07) is 13.4. The van der Waals surface area contributed by atoms with E-state index in [1.54, 1.807) is 11.3 Å². The van der Waals surface area contributed by atoms with Gasteiger partial charge in [0.2, 0.25) is 5.91 Å². The monoisotopic (exact) mass is 348 g/mol. The van der Waals surface area contributed by atoms with Gasteiger partial charge < -0.3 is 11.1 Å². The second-order valence-corrected chi connectivity index (χ2v) is 6.54. The molecule has 0 saturated heterocycles. The molecule has 0 fully saturated rings. The Bertz CT molecular complexity index is 1000. The maximum absolute atomic E-state index is 11.3. The lowest BCUT2D eigenvalue weighted by atomic mass is 10.0. The van der Waals surface area contributed by atoms with Crippen LogP contribution in [0.3, 0.4) is 0 Å². The Hall–Kier alpha value is -3.17. The first-order chi connectivity index (χ1) is 12.0. The number of aromatic nitrogens is 1. The second-order valence-electron chi connectivity index (χ2n) is 5.62. The van der Waals surface area contributed by atoms with Crippen LogP contribution in [0.4, 0.5) is 11.5 Å². The number of hydrogen-bond donors (Lipinski definition) is 2. The molecule has 3 N–H and O–H groups in total. The quantitative estimate of drug-likeness (QED) is 0.742. The average molecular weight is 348 g/mol. The maximum atomic E-state index is 11.3. The van der Waals surface area contributed by atoms with Gasteiger partial charge in [-0.3, -0.25) is 4.79 Å².